The Labute approximate surface area is 130 Å². The van der Waals surface area contributed by atoms with E-state index in [2.05, 4.69) is 4.74 Å². The number of ether oxygens (including phenoxy) is 1. The van der Waals surface area contributed by atoms with Gasteiger partial charge in [-0.1, -0.05) is 11.6 Å². The van der Waals surface area contributed by atoms with E-state index < -0.39 is 16.9 Å². The number of benzene rings is 1. The molecule has 116 valence electrons. The van der Waals surface area contributed by atoms with Crippen LogP contribution in [0.5, 0.6) is 0 Å². The Kier molecular flexibility index (Phi) is 4.79. The number of rotatable bonds is 5. The molecule has 22 heavy (non-hydrogen) atoms. The zero-order chi connectivity index (χ0) is 16.3. The summed E-state index contributed by atoms with van der Waals surface area (Å²) < 4.78 is 10.1. The smallest absolute Gasteiger partial charge is 0.323 e. The SMILES string of the molecule is COC(=O)C(N)Cc1ccc(-c2ccc(Cl)c([N+](=O)[O-])c2)o1. The second-order valence-corrected chi connectivity index (χ2v) is 4.93. The van der Waals surface area contributed by atoms with Crippen molar-refractivity contribution in [3.63, 3.8) is 0 Å². The zero-order valence-electron chi connectivity index (χ0n) is 11.6. The number of carbonyl (C=O) groups is 1. The number of nitrogens with two attached hydrogens (primary N) is 1. The van der Waals surface area contributed by atoms with E-state index in [1.54, 1.807) is 18.2 Å². The molecule has 0 amide bonds. The van der Waals surface area contributed by atoms with Crippen LogP contribution in [-0.2, 0) is 16.0 Å². The molecule has 0 aliphatic heterocycles. The van der Waals surface area contributed by atoms with Gasteiger partial charge in [0, 0.05) is 18.1 Å². The topological polar surface area (TPSA) is 109 Å². The summed E-state index contributed by atoms with van der Waals surface area (Å²) in [5.74, 6) is 0.359. The van der Waals surface area contributed by atoms with Gasteiger partial charge in [0.05, 0.1) is 12.0 Å². The van der Waals surface area contributed by atoms with Crippen LogP contribution in [0.1, 0.15) is 5.76 Å². The molecule has 1 unspecified atom stereocenters. The van der Waals surface area contributed by atoms with Gasteiger partial charge in [0.15, 0.2) is 0 Å². The number of nitro benzene ring substituents is 1. The Morgan fingerprint density at radius 1 is 1.45 bits per heavy atom. The van der Waals surface area contributed by atoms with Gasteiger partial charge in [-0.15, -0.1) is 0 Å². The fourth-order valence-corrected chi connectivity index (χ4v) is 2.09. The summed E-state index contributed by atoms with van der Waals surface area (Å²) in [7, 11) is 1.25. The van der Waals surface area contributed by atoms with Crippen molar-refractivity contribution in [1.82, 2.24) is 0 Å². The maximum absolute atomic E-state index is 11.3. The monoisotopic (exact) mass is 324 g/mol. The Morgan fingerprint density at radius 2 is 2.18 bits per heavy atom. The number of nitro groups is 1. The third-order valence-electron chi connectivity index (χ3n) is 3.01. The highest BCUT2D eigenvalue weighted by Gasteiger charge is 2.18. The molecule has 0 aliphatic carbocycles. The molecule has 0 saturated carbocycles. The molecule has 1 aromatic heterocycles. The fraction of sp³-hybridized carbons (Fsp3) is 0.214. The normalized spacial score (nSPS) is 12.0. The molecule has 2 aromatic rings. The first-order chi connectivity index (χ1) is 10.4. The molecule has 0 spiro atoms. The van der Waals surface area contributed by atoms with Crippen molar-refractivity contribution in [3.05, 3.63) is 51.2 Å². The molecule has 0 radical (unpaired) electrons. The lowest BCUT2D eigenvalue weighted by Crippen LogP contribution is -2.33. The summed E-state index contributed by atoms with van der Waals surface area (Å²) in [6, 6.07) is 6.83. The van der Waals surface area contributed by atoms with Crippen LogP contribution in [-0.4, -0.2) is 24.0 Å². The molecule has 1 aromatic carbocycles. The van der Waals surface area contributed by atoms with E-state index in [0.29, 0.717) is 17.1 Å². The highest BCUT2D eigenvalue weighted by molar-refractivity contribution is 6.32. The Bertz CT molecular complexity index is 713. The largest absolute Gasteiger partial charge is 0.468 e. The predicted molar refractivity (Wildman–Crippen MR) is 79.5 cm³/mol. The van der Waals surface area contributed by atoms with E-state index in [4.69, 9.17) is 21.8 Å². The summed E-state index contributed by atoms with van der Waals surface area (Å²) in [6.07, 6.45) is 0.169. The van der Waals surface area contributed by atoms with Gasteiger partial charge in [0.2, 0.25) is 0 Å². The van der Waals surface area contributed by atoms with Crippen LogP contribution in [0.3, 0.4) is 0 Å². The average molecular weight is 325 g/mol. The van der Waals surface area contributed by atoms with E-state index in [-0.39, 0.29) is 17.1 Å². The van der Waals surface area contributed by atoms with Crippen molar-refractivity contribution in [2.45, 2.75) is 12.5 Å². The summed E-state index contributed by atoms with van der Waals surface area (Å²) in [6.45, 7) is 0. The summed E-state index contributed by atoms with van der Waals surface area (Å²) in [5.41, 5.74) is 5.95. The molecule has 1 heterocycles. The van der Waals surface area contributed by atoms with Gasteiger partial charge < -0.3 is 14.9 Å². The number of carbonyl (C=O) groups excluding carboxylic acids is 1. The maximum atomic E-state index is 11.3. The van der Waals surface area contributed by atoms with Crippen LogP contribution in [0.15, 0.2) is 34.7 Å². The fourth-order valence-electron chi connectivity index (χ4n) is 1.90. The molecule has 8 heteroatoms. The minimum atomic E-state index is -0.830. The first-order valence-corrected chi connectivity index (χ1v) is 6.66. The van der Waals surface area contributed by atoms with Gasteiger partial charge in [-0.05, 0) is 24.3 Å². The van der Waals surface area contributed by atoms with Crippen molar-refractivity contribution >= 4 is 23.3 Å². The molecule has 1 atom stereocenters. The Morgan fingerprint density at radius 3 is 2.82 bits per heavy atom. The number of hydrogen-bond acceptors (Lipinski definition) is 6. The van der Waals surface area contributed by atoms with Gasteiger partial charge >= 0.3 is 5.97 Å². The van der Waals surface area contributed by atoms with Gasteiger partial charge in [-0.3, -0.25) is 14.9 Å². The molecule has 2 N–H and O–H groups in total. The Balaban J connectivity index is 2.23. The van der Waals surface area contributed by atoms with Gasteiger partial charge in [-0.2, -0.15) is 0 Å². The number of nitrogens with zero attached hydrogens (tertiary/aromatic N) is 1. The van der Waals surface area contributed by atoms with E-state index in [0.717, 1.165) is 0 Å². The Hall–Kier alpha value is -2.38. The minimum Gasteiger partial charge on any atom is -0.468 e. The lowest BCUT2D eigenvalue weighted by molar-refractivity contribution is -0.384. The standard InChI is InChI=1S/C14H13ClN2O5/c1-21-14(18)11(16)7-9-3-5-13(22-9)8-2-4-10(15)12(6-8)17(19)20/h2-6,11H,7,16H2,1H3. The zero-order valence-corrected chi connectivity index (χ0v) is 12.4. The third-order valence-corrected chi connectivity index (χ3v) is 3.33. The van der Waals surface area contributed by atoms with Crippen molar-refractivity contribution in [2.24, 2.45) is 5.73 Å². The molecular formula is C14H13ClN2O5. The maximum Gasteiger partial charge on any atom is 0.323 e. The molecule has 7 nitrogen and oxygen atoms in total. The quantitative estimate of drug-likeness (QED) is 0.514. The first kappa shape index (κ1) is 16.0. The van der Waals surface area contributed by atoms with Crippen LogP contribution < -0.4 is 5.73 Å². The van der Waals surface area contributed by atoms with Crippen LogP contribution in [0.25, 0.3) is 11.3 Å². The van der Waals surface area contributed by atoms with Crippen LogP contribution >= 0.6 is 11.6 Å². The highest BCUT2D eigenvalue weighted by Crippen LogP contribution is 2.31. The van der Waals surface area contributed by atoms with Gasteiger partial charge in [0.25, 0.3) is 5.69 Å². The molecular weight excluding hydrogens is 312 g/mol. The lowest BCUT2D eigenvalue weighted by atomic mass is 10.1. The number of halogens is 1. The van der Waals surface area contributed by atoms with E-state index in [1.807, 2.05) is 0 Å². The minimum absolute atomic E-state index is 0.0493. The molecule has 0 aliphatic rings. The number of methoxy groups -OCH3 is 1. The van der Waals surface area contributed by atoms with E-state index in [9.17, 15) is 14.9 Å². The van der Waals surface area contributed by atoms with E-state index in [1.165, 1.54) is 19.2 Å². The van der Waals surface area contributed by atoms with Crippen molar-refractivity contribution in [3.8, 4) is 11.3 Å². The summed E-state index contributed by atoms with van der Waals surface area (Å²) >= 11 is 5.76. The molecule has 0 saturated heterocycles. The number of furan rings is 1. The number of hydrogen-bond donors (Lipinski definition) is 1. The second-order valence-electron chi connectivity index (χ2n) is 4.52. The van der Waals surface area contributed by atoms with Crippen molar-refractivity contribution in [2.75, 3.05) is 7.11 Å². The van der Waals surface area contributed by atoms with Gasteiger partial charge in [-0.25, -0.2) is 0 Å². The van der Waals surface area contributed by atoms with E-state index >= 15 is 0 Å². The first-order valence-electron chi connectivity index (χ1n) is 6.29. The van der Waals surface area contributed by atoms with Gasteiger partial charge in [0.1, 0.15) is 22.6 Å². The molecule has 0 fully saturated rings. The summed E-state index contributed by atoms with van der Waals surface area (Å²) in [4.78, 5) is 21.6. The van der Waals surface area contributed by atoms with Crippen LogP contribution in [0, 0.1) is 10.1 Å². The second kappa shape index (κ2) is 6.59. The number of esters is 1. The van der Waals surface area contributed by atoms with Crippen molar-refractivity contribution in [1.29, 1.82) is 0 Å². The van der Waals surface area contributed by atoms with Crippen molar-refractivity contribution < 1.29 is 18.9 Å². The third kappa shape index (κ3) is 3.44. The van der Waals surface area contributed by atoms with Crippen LogP contribution in [0.4, 0.5) is 5.69 Å². The summed E-state index contributed by atoms with van der Waals surface area (Å²) in [5, 5.41) is 10.9. The average Bonchev–Trinajstić information content (AvgIpc) is 2.94. The lowest BCUT2D eigenvalue weighted by Gasteiger charge is -2.06. The molecule has 2 rings (SSSR count). The highest BCUT2D eigenvalue weighted by atomic mass is 35.5. The van der Waals surface area contributed by atoms with Crippen LogP contribution in [0.2, 0.25) is 5.02 Å². The predicted octanol–water partition coefficient (Wildman–Crippen LogP) is 2.55. The molecule has 0 bridgehead atoms.